The molecule has 0 aliphatic heterocycles. The van der Waals surface area contributed by atoms with Crippen LogP contribution in [0.1, 0.15) is 0 Å². The summed E-state index contributed by atoms with van der Waals surface area (Å²) in [7, 11) is 6.40. The molecule has 0 atom stereocenters. The van der Waals surface area contributed by atoms with E-state index in [0.717, 1.165) is 3.76 Å². The van der Waals surface area contributed by atoms with Crippen LogP contribution in [0.5, 0.6) is 0 Å². The Morgan fingerprint density at radius 1 is 1.86 bits per heavy atom. The van der Waals surface area contributed by atoms with Crippen molar-refractivity contribution in [2.24, 2.45) is 0 Å². The van der Waals surface area contributed by atoms with Crippen molar-refractivity contribution in [2.75, 3.05) is 3.76 Å². The Hall–Kier alpha value is 1.07. The van der Waals surface area contributed by atoms with Gasteiger partial charge in [0, 0.05) is 0 Å². The first-order valence-corrected chi connectivity index (χ1v) is 4.06. The summed E-state index contributed by atoms with van der Waals surface area (Å²) in [6.07, 6.45) is 0. The summed E-state index contributed by atoms with van der Waals surface area (Å²) < 4.78 is 5.65. The quantitative estimate of drug-likeness (QED) is 0.224. The fraction of sp³-hybridized carbons (Fsp3) is 1.00. The minimum atomic E-state index is 0.919. The third-order valence-corrected chi connectivity index (χ3v) is 1.35. The molecule has 34 valence electrons. The number of alkyl halides is 1. The van der Waals surface area contributed by atoms with Crippen molar-refractivity contribution in [3.63, 3.8) is 0 Å². The predicted octanol–water partition coefficient (Wildman–Crippen LogP) is 0.366. The molecule has 0 aromatic rings. The van der Waals surface area contributed by atoms with E-state index in [2.05, 4.69) is 22.6 Å². The van der Waals surface area contributed by atoms with Gasteiger partial charge in [0.1, 0.15) is 0 Å². The SMILES string of the molecule is [B]B=BOSCI. The molecule has 0 aromatic carbocycles. The number of rotatable bonds is 3. The van der Waals surface area contributed by atoms with Crippen LogP contribution in [-0.4, -0.2) is 25.2 Å². The first kappa shape index (κ1) is 8.07. The van der Waals surface area contributed by atoms with Gasteiger partial charge in [-0.05, 0) is 0 Å². The predicted molar refractivity (Wildman–Crippen MR) is 44.8 cm³/mol. The second-order valence-electron chi connectivity index (χ2n) is 0.652. The maximum absolute atomic E-state index is 4.95. The standard InChI is InChI=1S/CH2B3IOS/c2-3-4-6-7-1-5/h1H2. The molecular formula is CH2B3IOS. The number of halogens is 1. The van der Waals surface area contributed by atoms with Crippen LogP contribution in [0, 0.1) is 0 Å². The summed E-state index contributed by atoms with van der Waals surface area (Å²) >= 11 is 3.54. The van der Waals surface area contributed by atoms with Crippen molar-refractivity contribution in [2.45, 2.75) is 0 Å². The van der Waals surface area contributed by atoms with Crippen molar-refractivity contribution in [1.82, 2.24) is 0 Å². The molecule has 0 aromatic heterocycles. The molecule has 2 radical (unpaired) electrons. The summed E-state index contributed by atoms with van der Waals surface area (Å²) in [5, 5.41) is 0. The third-order valence-electron chi connectivity index (χ3n) is 0.247. The molecule has 0 bridgehead atoms. The summed E-state index contributed by atoms with van der Waals surface area (Å²) in [6.45, 7) is 1.36. The number of hydrogen-bond donors (Lipinski definition) is 0. The summed E-state index contributed by atoms with van der Waals surface area (Å²) in [5.41, 5.74) is 0. The maximum atomic E-state index is 4.95. The van der Waals surface area contributed by atoms with Gasteiger partial charge in [0.25, 0.3) is 0 Å². The second kappa shape index (κ2) is 7.07. The van der Waals surface area contributed by atoms with Gasteiger partial charge in [-0.1, -0.05) is 0 Å². The first-order valence-electron chi connectivity index (χ1n) is 1.62. The van der Waals surface area contributed by atoms with Gasteiger partial charge in [-0.3, -0.25) is 0 Å². The van der Waals surface area contributed by atoms with Crippen LogP contribution in [0.3, 0.4) is 0 Å². The van der Waals surface area contributed by atoms with Gasteiger partial charge in [0.2, 0.25) is 0 Å². The normalized spacial score (nSPS) is 7.57. The van der Waals surface area contributed by atoms with Crippen molar-refractivity contribution in [3.05, 3.63) is 0 Å². The van der Waals surface area contributed by atoms with Crippen LogP contribution in [0.4, 0.5) is 0 Å². The van der Waals surface area contributed by atoms with Crippen LogP contribution < -0.4 is 0 Å². The molecular weight excluding hydrogens is 219 g/mol. The number of hydrogen-bond acceptors (Lipinski definition) is 2. The molecule has 7 heavy (non-hydrogen) atoms. The Morgan fingerprint density at radius 3 is 3.00 bits per heavy atom. The van der Waals surface area contributed by atoms with Gasteiger partial charge in [-0.25, -0.2) is 0 Å². The van der Waals surface area contributed by atoms with Crippen molar-refractivity contribution in [3.8, 4) is 0 Å². The zero-order valence-electron chi connectivity index (χ0n) is 3.63. The van der Waals surface area contributed by atoms with Gasteiger partial charge in [-0.15, -0.1) is 0 Å². The zero-order valence-corrected chi connectivity index (χ0v) is 6.61. The Balaban J connectivity index is 2.69. The Kier molecular flexibility index (Phi) is 8.16. The molecule has 1 nitrogen and oxygen atoms in total. The Labute approximate surface area is 63.8 Å². The second-order valence-corrected chi connectivity index (χ2v) is 3.17. The van der Waals surface area contributed by atoms with E-state index in [0.29, 0.717) is 0 Å². The average Bonchev–Trinajstić information content (AvgIpc) is 1.69. The van der Waals surface area contributed by atoms with Crippen LogP contribution in [0.15, 0.2) is 0 Å². The van der Waals surface area contributed by atoms with Crippen molar-refractivity contribution in [1.29, 1.82) is 0 Å². The van der Waals surface area contributed by atoms with E-state index in [1.165, 1.54) is 25.7 Å². The van der Waals surface area contributed by atoms with E-state index in [-0.39, 0.29) is 0 Å². The van der Waals surface area contributed by atoms with E-state index in [1.807, 2.05) is 0 Å². The van der Waals surface area contributed by atoms with Gasteiger partial charge >= 0.3 is 63.9 Å². The van der Waals surface area contributed by atoms with E-state index in [4.69, 9.17) is 11.8 Å². The molecule has 0 N–H and O–H groups in total. The molecule has 0 fully saturated rings. The summed E-state index contributed by atoms with van der Waals surface area (Å²) in [5.74, 6) is 0. The van der Waals surface area contributed by atoms with Crippen LogP contribution in [-0.2, 0) is 4.10 Å². The molecule has 0 aliphatic carbocycles. The van der Waals surface area contributed by atoms with E-state index in [1.54, 1.807) is 0 Å². The molecule has 6 heteroatoms. The Morgan fingerprint density at radius 2 is 2.57 bits per heavy atom. The monoisotopic (exact) mass is 222 g/mol. The van der Waals surface area contributed by atoms with Crippen LogP contribution >= 0.6 is 34.6 Å². The summed E-state index contributed by atoms with van der Waals surface area (Å²) in [4.78, 5) is 0. The summed E-state index contributed by atoms with van der Waals surface area (Å²) in [6, 6.07) is 0. The van der Waals surface area contributed by atoms with Gasteiger partial charge in [-0.2, -0.15) is 0 Å². The van der Waals surface area contributed by atoms with E-state index in [9.17, 15) is 0 Å². The van der Waals surface area contributed by atoms with Gasteiger partial charge in [0.05, 0.1) is 0 Å². The topological polar surface area (TPSA) is 9.23 Å². The van der Waals surface area contributed by atoms with Crippen LogP contribution in [0.25, 0.3) is 0 Å². The zero-order chi connectivity index (χ0) is 5.54. The fourth-order valence-corrected chi connectivity index (χ4v) is 0.732. The minimum absolute atomic E-state index is 0.919. The molecule has 0 amide bonds. The van der Waals surface area contributed by atoms with Crippen molar-refractivity contribution < 1.29 is 4.10 Å². The van der Waals surface area contributed by atoms with E-state index < -0.39 is 0 Å². The average molecular weight is 221 g/mol. The molecule has 0 spiro atoms. The molecule has 0 saturated heterocycles. The fourth-order valence-electron chi connectivity index (χ4n) is 0.0971. The Bertz CT molecular complexity index is 58.9. The molecule has 0 saturated carbocycles. The van der Waals surface area contributed by atoms with Gasteiger partial charge in [0.15, 0.2) is 0 Å². The first-order chi connectivity index (χ1) is 3.41. The van der Waals surface area contributed by atoms with Gasteiger partial charge < -0.3 is 0 Å². The molecule has 0 aliphatic rings. The molecule has 0 unspecified atom stereocenters. The molecule has 0 heterocycles. The van der Waals surface area contributed by atoms with Crippen molar-refractivity contribution >= 4 is 56.1 Å². The third kappa shape index (κ3) is 7.07. The van der Waals surface area contributed by atoms with Crippen LogP contribution in [0.2, 0.25) is 0 Å². The molecule has 0 rings (SSSR count). The van der Waals surface area contributed by atoms with E-state index >= 15 is 0 Å².